The maximum absolute atomic E-state index is 13.8. The molecular formula is C30H26ClF3N4O4. The molecule has 12 heteroatoms. The van der Waals surface area contributed by atoms with Crippen molar-refractivity contribution in [1.29, 1.82) is 0 Å². The van der Waals surface area contributed by atoms with Crippen LogP contribution in [0.15, 0.2) is 66.9 Å². The number of benzene rings is 2. The number of ether oxygens (including phenoxy) is 1. The molecule has 1 fully saturated rings. The Bertz CT molecular complexity index is 1610. The third kappa shape index (κ3) is 6.11. The molecule has 3 heterocycles. The van der Waals surface area contributed by atoms with Crippen molar-refractivity contribution < 1.29 is 32.6 Å². The Hall–Kier alpha value is -4.38. The first-order valence-corrected chi connectivity index (χ1v) is 13.5. The van der Waals surface area contributed by atoms with Crippen molar-refractivity contribution in [2.24, 2.45) is 0 Å². The van der Waals surface area contributed by atoms with Gasteiger partial charge in [0.05, 0.1) is 16.9 Å². The summed E-state index contributed by atoms with van der Waals surface area (Å²) < 4.78 is 47.8. The monoisotopic (exact) mass is 598 g/mol. The van der Waals surface area contributed by atoms with Crippen molar-refractivity contribution in [3.63, 3.8) is 0 Å². The molecule has 0 aliphatic carbocycles. The minimum atomic E-state index is -4.98. The van der Waals surface area contributed by atoms with Gasteiger partial charge in [0.2, 0.25) is 5.91 Å². The molecule has 42 heavy (non-hydrogen) atoms. The highest BCUT2D eigenvalue weighted by Crippen LogP contribution is 2.38. The minimum absolute atomic E-state index is 0.0987. The summed E-state index contributed by atoms with van der Waals surface area (Å²) in [4.78, 5) is 29.2. The van der Waals surface area contributed by atoms with Crippen LogP contribution < -0.4 is 4.74 Å². The average molecular weight is 599 g/mol. The van der Waals surface area contributed by atoms with Gasteiger partial charge in [0, 0.05) is 25.6 Å². The number of alkyl halides is 3. The van der Waals surface area contributed by atoms with Crippen molar-refractivity contribution in [2.45, 2.75) is 38.5 Å². The molecule has 1 amide bonds. The second-order valence-corrected chi connectivity index (χ2v) is 10.3. The zero-order valence-corrected chi connectivity index (χ0v) is 23.2. The van der Waals surface area contributed by atoms with Gasteiger partial charge in [-0.1, -0.05) is 48.0 Å². The van der Waals surface area contributed by atoms with Crippen LogP contribution in [0.5, 0.6) is 5.75 Å². The van der Waals surface area contributed by atoms with Crippen LogP contribution in [-0.4, -0.2) is 49.7 Å². The number of aromatic nitrogens is 3. The van der Waals surface area contributed by atoms with Gasteiger partial charge in [-0.15, -0.1) is 0 Å². The number of amides is 1. The minimum Gasteiger partial charge on any atom is -0.487 e. The van der Waals surface area contributed by atoms with Gasteiger partial charge in [0.15, 0.2) is 11.5 Å². The highest BCUT2D eigenvalue weighted by molar-refractivity contribution is 6.32. The molecule has 1 saturated heterocycles. The third-order valence-corrected chi connectivity index (χ3v) is 7.53. The number of likely N-dealkylation sites (tertiary alicyclic amines) is 1. The van der Waals surface area contributed by atoms with Crippen molar-refractivity contribution in [1.82, 2.24) is 19.7 Å². The molecule has 0 spiro atoms. The quantitative estimate of drug-likeness (QED) is 0.257. The molecule has 0 saturated carbocycles. The van der Waals surface area contributed by atoms with Gasteiger partial charge < -0.3 is 14.7 Å². The molecule has 0 radical (unpaired) electrons. The first-order chi connectivity index (χ1) is 20.0. The maximum Gasteiger partial charge on any atom is 0.434 e. The van der Waals surface area contributed by atoms with E-state index >= 15 is 0 Å². The van der Waals surface area contributed by atoms with E-state index in [1.807, 2.05) is 17.0 Å². The van der Waals surface area contributed by atoms with E-state index in [0.717, 1.165) is 31.5 Å². The topological polar surface area (TPSA) is 97.6 Å². The van der Waals surface area contributed by atoms with E-state index in [0.29, 0.717) is 28.1 Å². The van der Waals surface area contributed by atoms with Crippen LogP contribution in [0, 0.1) is 0 Å². The average Bonchev–Trinajstić information content (AvgIpc) is 3.44. The van der Waals surface area contributed by atoms with E-state index in [1.165, 1.54) is 17.7 Å². The van der Waals surface area contributed by atoms with Gasteiger partial charge in [-0.2, -0.15) is 18.3 Å². The molecule has 0 atom stereocenters. The lowest BCUT2D eigenvalue weighted by Crippen LogP contribution is -2.36. The summed E-state index contributed by atoms with van der Waals surface area (Å²) in [5.41, 5.74) is 0.378. The summed E-state index contributed by atoms with van der Waals surface area (Å²) in [6.45, 7) is 3.26. The Labute approximate surface area is 244 Å². The van der Waals surface area contributed by atoms with Gasteiger partial charge in [-0.25, -0.2) is 14.5 Å². The molecule has 8 nitrogen and oxygen atoms in total. The van der Waals surface area contributed by atoms with E-state index in [9.17, 15) is 27.9 Å². The summed E-state index contributed by atoms with van der Waals surface area (Å²) in [7, 11) is 0. The fourth-order valence-corrected chi connectivity index (χ4v) is 5.30. The van der Waals surface area contributed by atoms with Crippen LogP contribution >= 0.6 is 11.6 Å². The Morgan fingerprint density at radius 1 is 1.05 bits per heavy atom. The second kappa shape index (κ2) is 11.8. The molecular weight excluding hydrogens is 573 g/mol. The summed E-state index contributed by atoms with van der Waals surface area (Å²) in [5, 5.41) is 13.2. The van der Waals surface area contributed by atoms with E-state index in [1.54, 1.807) is 31.2 Å². The predicted molar refractivity (Wildman–Crippen MR) is 149 cm³/mol. The number of nitrogens with zero attached hydrogens (tertiary/aromatic N) is 4. The van der Waals surface area contributed by atoms with E-state index in [2.05, 4.69) is 22.2 Å². The number of hydrogen-bond acceptors (Lipinski definition) is 5. The fraction of sp³-hybridized carbons (Fsp3) is 0.267. The zero-order valence-electron chi connectivity index (χ0n) is 22.4. The first-order valence-electron chi connectivity index (χ1n) is 13.1. The molecule has 4 aromatic rings. The number of aromatic carboxylic acids is 1. The smallest absolute Gasteiger partial charge is 0.434 e. The highest BCUT2D eigenvalue weighted by atomic mass is 35.5. The molecule has 0 unspecified atom stereocenters. The van der Waals surface area contributed by atoms with Gasteiger partial charge in [0.1, 0.15) is 17.9 Å². The maximum atomic E-state index is 13.8. The molecule has 1 aliphatic rings. The number of pyridine rings is 1. The zero-order chi connectivity index (χ0) is 30.0. The first kappa shape index (κ1) is 29.1. The number of piperidine rings is 1. The van der Waals surface area contributed by atoms with Crippen LogP contribution in [0.1, 0.15) is 52.9 Å². The summed E-state index contributed by atoms with van der Waals surface area (Å²) in [6.07, 6.45) is -2.52. The van der Waals surface area contributed by atoms with Crippen LogP contribution in [0.4, 0.5) is 13.2 Å². The van der Waals surface area contributed by atoms with Crippen molar-refractivity contribution in [2.75, 3.05) is 13.1 Å². The third-order valence-electron chi connectivity index (χ3n) is 7.24. The van der Waals surface area contributed by atoms with Crippen LogP contribution in [0.3, 0.4) is 0 Å². The lowest BCUT2D eigenvalue weighted by Gasteiger charge is -2.31. The Morgan fingerprint density at radius 2 is 1.74 bits per heavy atom. The van der Waals surface area contributed by atoms with E-state index in [-0.39, 0.29) is 29.0 Å². The fourth-order valence-electron chi connectivity index (χ4n) is 5.07. The van der Waals surface area contributed by atoms with Gasteiger partial charge >= 0.3 is 12.1 Å². The van der Waals surface area contributed by atoms with E-state index < -0.39 is 23.4 Å². The lowest BCUT2D eigenvalue weighted by molar-refractivity contribution is -0.143. The van der Waals surface area contributed by atoms with Crippen molar-refractivity contribution in [3.05, 3.63) is 94.3 Å². The van der Waals surface area contributed by atoms with Crippen LogP contribution in [0.25, 0.3) is 17.1 Å². The van der Waals surface area contributed by atoms with Crippen LogP contribution in [0.2, 0.25) is 5.02 Å². The Balaban J connectivity index is 1.36. The Morgan fingerprint density at radius 3 is 2.38 bits per heavy atom. The van der Waals surface area contributed by atoms with Gasteiger partial charge in [0.25, 0.3) is 0 Å². The molecule has 218 valence electrons. The number of carboxylic acids is 1. The molecule has 2 aromatic heterocycles. The molecule has 1 N–H and O–H groups in total. The number of carbonyl (C=O) groups excluding carboxylic acids is 1. The molecule has 1 aliphatic heterocycles. The summed E-state index contributed by atoms with van der Waals surface area (Å²) >= 11 is 6.47. The van der Waals surface area contributed by atoms with Crippen molar-refractivity contribution in [3.8, 4) is 22.8 Å². The SMILES string of the molecule is CC(=O)N1CCC(c2ccc(COc3c(Cl)cccc3-c3cccc(-n4ncc(C(=O)O)c4C(F)(F)F)n3)cc2)CC1. The second-order valence-electron chi connectivity index (χ2n) is 9.93. The number of halogens is 4. The largest absolute Gasteiger partial charge is 0.487 e. The summed E-state index contributed by atoms with van der Waals surface area (Å²) in [6, 6.07) is 17.4. The van der Waals surface area contributed by atoms with Crippen LogP contribution in [-0.2, 0) is 17.6 Å². The number of para-hydroxylation sites is 1. The molecule has 2 aromatic carbocycles. The Kier molecular flexibility index (Phi) is 8.22. The highest BCUT2D eigenvalue weighted by Gasteiger charge is 2.41. The van der Waals surface area contributed by atoms with E-state index in [4.69, 9.17) is 16.3 Å². The van der Waals surface area contributed by atoms with Crippen molar-refractivity contribution >= 4 is 23.5 Å². The van der Waals surface area contributed by atoms with Gasteiger partial charge in [-0.3, -0.25) is 4.79 Å². The molecule has 5 rings (SSSR count). The standard InChI is InChI=1S/C30H26ClF3N4O4/c1-18(39)37-14-12-21(13-15-37)20-10-8-19(9-11-20)17-42-27-22(4-2-5-24(27)31)25-6-3-7-26(36-25)38-28(30(32,33)34)23(16-35-38)29(40)41/h2-11,16,21H,12-15,17H2,1H3,(H,40,41). The molecule has 0 bridgehead atoms. The number of rotatable bonds is 7. The summed E-state index contributed by atoms with van der Waals surface area (Å²) in [5.74, 6) is -1.19. The number of carbonyl (C=O) groups is 2. The number of carboxylic acid groups (broad SMARTS) is 1. The number of hydrogen-bond donors (Lipinski definition) is 1. The normalized spacial score (nSPS) is 14.2. The van der Waals surface area contributed by atoms with Gasteiger partial charge in [-0.05, 0) is 54.2 Å². The lowest BCUT2D eigenvalue weighted by atomic mass is 9.89. The predicted octanol–water partition coefficient (Wildman–Crippen LogP) is 6.61.